The highest BCUT2D eigenvalue weighted by Gasteiger charge is 2.40. The summed E-state index contributed by atoms with van der Waals surface area (Å²) >= 11 is 12.7. The third kappa shape index (κ3) is 11.6. The summed E-state index contributed by atoms with van der Waals surface area (Å²) in [6.45, 7) is 5.15. The summed E-state index contributed by atoms with van der Waals surface area (Å²) in [5.74, 6) is -4.68. The predicted octanol–water partition coefficient (Wildman–Crippen LogP) is 6.94. The average molecular weight is 839 g/mol. The van der Waals surface area contributed by atoms with Crippen LogP contribution in [0.5, 0.6) is 0 Å². The minimum atomic E-state index is -2.74. The Hall–Kier alpha value is -4.84. The predicted molar refractivity (Wildman–Crippen MR) is 218 cm³/mol. The van der Waals surface area contributed by atoms with Crippen LogP contribution in [0.4, 0.5) is 0 Å². The number of carboxylic acid groups (broad SMARTS) is 3. The van der Waals surface area contributed by atoms with Crippen molar-refractivity contribution in [2.75, 3.05) is 39.5 Å². The number of piperidine rings is 1. The number of likely N-dealkylation sites (tertiary alicyclic amines) is 1. The molecule has 1 amide bonds. The van der Waals surface area contributed by atoms with Crippen LogP contribution >= 0.6 is 23.2 Å². The monoisotopic (exact) mass is 837 g/mol. The highest BCUT2D eigenvalue weighted by atomic mass is 35.5. The molecular weight excluding hydrogens is 793 g/mol. The van der Waals surface area contributed by atoms with Gasteiger partial charge in [-0.1, -0.05) is 71.7 Å². The minimum Gasteiger partial charge on any atom is -0.481 e. The van der Waals surface area contributed by atoms with Crippen molar-refractivity contribution < 1.29 is 43.8 Å². The molecule has 0 bridgehead atoms. The maximum Gasteiger partial charge on any atom is 0.336 e. The van der Waals surface area contributed by atoms with E-state index in [4.69, 9.17) is 43.6 Å². The van der Waals surface area contributed by atoms with Gasteiger partial charge in [0, 0.05) is 30.7 Å². The van der Waals surface area contributed by atoms with Gasteiger partial charge in [-0.15, -0.1) is 0 Å². The zero-order valence-electron chi connectivity index (χ0n) is 31.8. The summed E-state index contributed by atoms with van der Waals surface area (Å²) in [6.07, 6.45) is 2.34. The maximum absolute atomic E-state index is 14.0. The van der Waals surface area contributed by atoms with Crippen LogP contribution in [0.3, 0.4) is 0 Å². The fourth-order valence-corrected chi connectivity index (χ4v) is 8.32. The summed E-state index contributed by atoms with van der Waals surface area (Å²) < 4.78 is 12.3. The van der Waals surface area contributed by atoms with Gasteiger partial charge in [0.2, 0.25) is 0 Å². The smallest absolute Gasteiger partial charge is 0.336 e. The number of carboxylic acids is 3. The molecule has 1 aliphatic heterocycles. The topological polar surface area (TPSA) is 197 Å². The van der Waals surface area contributed by atoms with Gasteiger partial charge in [-0.25, -0.2) is 4.79 Å². The van der Waals surface area contributed by atoms with Crippen LogP contribution in [0.25, 0.3) is 10.8 Å². The van der Waals surface area contributed by atoms with Crippen molar-refractivity contribution in [2.24, 2.45) is 0 Å². The molecule has 1 saturated heterocycles. The molecule has 57 heavy (non-hydrogen) atoms. The molecule has 302 valence electrons. The molecule has 12 nitrogen and oxygen atoms in total. The van der Waals surface area contributed by atoms with Gasteiger partial charge in [0.1, 0.15) is 0 Å². The van der Waals surface area contributed by atoms with Crippen molar-refractivity contribution in [1.82, 2.24) is 9.80 Å². The number of benzene rings is 4. The molecule has 0 spiro atoms. The van der Waals surface area contributed by atoms with Gasteiger partial charge in [0.25, 0.3) is 5.91 Å². The quantitative estimate of drug-likeness (QED) is 0.103. The van der Waals surface area contributed by atoms with Gasteiger partial charge in [-0.05, 0) is 103 Å². The van der Waals surface area contributed by atoms with Crippen molar-refractivity contribution in [3.05, 3.63) is 111 Å². The Morgan fingerprint density at radius 3 is 2.14 bits per heavy atom. The van der Waals surface area contributed by atoms with E-state index in [1.807, 2.05) is 80.7 Å². The lowest BCUT2D eigenvalue weighted by Gasteiger charge is -2.34. The van der Waals surface area contributed by atoms with Gasteiger partial charge >= 0.3 is 17.9 Å². The van der Waals surface area contributed by atoms with Crippen molar-refractivity contribution in [3.63, 3.8) is 0 Å². The van der Waals surface area contributed by atoms with Crippen LogP contribution in [-0.2, 0) is 25.2 Å². The van der Waals surface area contributed by atoms with Gasteiger partial charge in [0.05, 0.1) is 50.9 Å². The van der Waals surface area contributed by atoms with E-state index >= 15 is 0 Å². The first kappa shape index (κ1) is 44.9. The Kier molecular flexibility index (Phi) is 15.8. The number of likely N-dealkylation sites (N-methyl/N-ethyl adjacent to an activating group) is 1. The van der Waals surface area contributed by atoms with Crippen molar-refractivity contribution in [2.45, 2.75) is 61.4 Å². The first-order valence-electron chi connectivity index (χ1n) is 18.1. The van der Waals surface area contributed by atoms with Crippen LogP contribution in [0.1, 0.15) is 76.6 Å². The zero-order chi connectivity index (χ0) is 42.0. The first-order chi connectivity index (χ1) is 26.9. The Morgan fingerprint density at radius 1 is 0.947 bits per heavy atom. The highest BCUT2D eigenvalue weighted by Crippen LogP contribution is 2.34. The number of rotatable bonds is 14. The van der Waals surface area contributed by atoms with E-state index < -0.39 is 47.2 Å². The number of carbonyl (C=O) groups is 4. The number of halogens is 2. The van der Waals surface area contributed by atoms with Gasteiger partial charge in [-0.3, -0.25) is 18.6 Å². The lowest BCUT2D eigenvalue weighted by atomic mass is 9.88. The molecule has 1 aliphatic rings. The molecule has 4 N–H and O–H groups in total. The number of aliphatic hydroxyl groups is 1. The number of carbonyl (C=O) groups excluding carboxylic acids is 1. The fourth-order valence-electron chi connectivity index (χ4n) is 7.18. The highest BCUT2D eigenvalue weighted by molar-refractivity contribution is 7.84. The Balaban J connectivity index is 0.000000476. The molecule has 2 atom stereocenters. The second-order valence-electron chi connectivity index (χ2n) is 14.2. The fraction of sp³-hybridized carbons (Fsp3) is 0.357. The van der Waals surface area contributed by atoms with E-state index in [0.717, 1.165) is 60.1 Å². The minimum absolute atomic E-state index is 0.0328. The van der Waals surface area contributed by atoms with Gasteiger partial charge in [0.15, 0.2) is 5.60 Å². The third-order valence-corrected chi connectivity index (χ3v) is 12.0. The van der Waals surface area contributed by atoms with Gasteiger partial charge in [-0.2, -0.15) is 5.26 Å². The second kappa shape index (κ2) is 20.0. The third-order valence-electron chi connectivity index (χ3n) is 10.2. The molecule has 0 saturated carbocycles. The van der Waals surface area contributed by atoms with E-state index in [1.54, 1.807) is 11.2 Å². The number of hydrogen-bond acceptors (Lipinski definition) is 8. The number of amides is 1. The largest absolute Gasteiger partial charge is 0.481 e. The van der Waals surface area contributed by atoms with Crippen molar-refractivity contribution in [1.29, 1.82) is 5.26 Å². The molecule has 1 fully saturated rings. The summed E-state index contributed by atoms with van der Waals surface area (Å²) in [4.78, 5) is 49.7. The molecule has 0 aromatic heterocycles. The SMILES string of the molecule is Cc1c(C#N)cc2ccccc2c1C(=O)N(C)C[C@@H](CCN1CCC(c2ccccc2[S@](C)=O)CC1)c1ccc(Cl)c(Cl)c1.O=C(O)CC(O)(CC(=O)O)C(=O)O. The number of nitrogens with zero attached hydrogens (tertiary/aromatic N) is 3. The van der Waals surface area contributed by atoms with E-state index in [-0.39, 0.29) is 11.8 Å². The molecular formula is C42H45Cl2N3O9S. The summed E-state index contributed by atoms with van der Waals surface area (Å²) in [7, 11) is 0.831. The summed E-state index contributed by atoms with van der Waals surface area (Å²) in [5.41, 5.74) is 1.30. The molecule has 1 heterocycles. The maximum atomic E-state index is 14.0. The molecule has 0 unspecified atom stereocenters. The molecule has 15 heteroatoms. The number of aliphatic carboxylic acids is 3. The Bertz CT molecular complexity index is 2190. The van der Waals surface area contributed by atoms with E-state index in [0.29, 0.717) is 39.2 Å². The van der Waals surface area contributed by atoms with E-state index in [2.05, 4.69) is 17.0 Å². The second-order valence-corrected chi connectivity index (χ2v) is 16.3. The van der Waals surface area contributed by atoms with Crippen molar-refractivity contribution in [3.8, 4) is 6.07 Å². The van der Waals surface area contributed by atoms with Crippen LogP contribution in [0.15, 0.2) is 77.7 Å². The lowest BCUT2D eigenvalue weighted by molar-refractivity contribution is -0.170. The lowest BCUT2D eigenvalue weighted by Crippen LogP contribution is -2.42. The van der Waals surface area contributed by atoms with Crippen LogP contribution in [0.2, 0.25) is 10.0 Å². The van der Waals surface area contributed by atoms with E-state index in [9.17, 15) is 28.6 Å². The standard InChI is InChI=1S/C36H37Cl2N3O2S.C6H8O7/c1-24-29(22-39)20-27-8-4-5-10-31(27)35(24)36(42)40(2)23-28(26-12-13-32(37)33(38)21-26)16-19-41-17-14-25(15-18-41)30-9-6-7-11-34(30)44(3)43;7-3(8)1-6(13,5(11)12)2-4(9)10/h4-13,20-21,25,28H,14-19,23H2,1-3H3;13H,1-2H2,(H,7,8)(H,9,10)(H,11,12)/t28-,44+;/m1./s1. The summed E-state index contributed by atoms with van der Waals surface area (Å²) in [5, 5.41) is 46.3. The molecule has 5 rings (SSSR count). The van der Waals surface area contributed by atoms with Gasteiger partial charge < -0.3 is 30.2 Å². The zero-order valence-corrected chi connectivity index (χ0v) is 34.1. The van der Waals surface area contributed by atoms with Crippen LogP contribution < -0.4 is 0 Å². The Morgan fingerprint density at radius 2 is 1.56 bits per heavy atom. The number of nitriles is 1. The summed E-state index contributed by atoms with van der Waals surface area (Å²) in [6, 6.07) is 25.7. The molecule has 0 aliphatic carbocycles. The number of fused-ring (bicyclic) bond motifs is 1. The molecule has 4 aromatic carbocycles. The molecule has 4 aromatic rings. The van der Waals surface area contributed by atoms with Crippen LogP contribution in [-0.4, -0.2) is 103 Å². The molecule has 0 radical (unpaired) electrons. The normalized spacial score (nSPS) is 14.5. The average Bonchev–Trinajstić information content (AvgIpc) is 3.16. The van der Waals surface area contributed by atoms with E-state index in [1.165, 1.54) is 5.56 Å². The van der Waals surface area contributed by atoms with Crippen LogP contribution in [0, 0.1) is 18.3 Å². The Labute approximate surface area is 343 Å². The first-order valence-corrected chi connectivity index (χ1v) is 20.4. The number of hydrogen-bond donors (Lipinski definition) is 4. The van der Waals surface area contributed by atoms with Crippen molar-refractivity contribution >= 4 is 68.6 Å².